The number of ether oxygens (including phenoxy) is 1. The fourth-order valence-electron chi connectivity index (χ4n) is 3.49. The Balaban J connectivity index is 1.52. The third-order valence-corrected chi connectivity index (χ3v) is 5.12. The van der Waals surface area contributed by atoms with Gasteiger partial charge in [0.25, 0.3) is 5.91 Å². The van der Waals surface area contributed by atoms with Gasteiger partial charge in [0.05, 0.1) is 18.2 Å². The van der Waals surface area contributed by atoms with E-state index in [1.807, 2.05) is 60.7 Å². The number of fused-ring (bicyclic) bond motifs is 1. The molecule has 3 atom stereocenters. The minimum absolute atomic E-state index is 0.240. The summed E-state index contributed by atoms with van der Waals surface area (Å²) in [5.41, 5.74) is 1.86. The molecule has 1 aromatic heterocycles. The van der Waals surface area contributed by atoms with Crippen LogP contribution >= 0.6 is 0 Å². The van der Waals surface area contributed by atoms with Crippen LogP contribution in [0, 0.1) is 0 Å². The average molecular weight is 405 g/mol. The molecule has 154 valence electrons. The molecule has 0 spiro atoms. The lowest BCUT2D eigenvalue weighted by molar-refractivity contribution is -0.127. The van der Waals surface area contributed by atoms with Crippen molar-refractivity contribution >= 4 is 22.7 Å². The topological polar surface area (TPSA) is 101 Å². The fourth-order valence-corrected chi connectivity index (χ4v) is 3.49. The van der Waals surface area contributed by atoms with Gasteiger partial charge < -0.3 is 20.5 Å². The summed E-state index contributed by atoms with van der Waals surface area (Å²) in [7, 11) is 0. The lowest BCUT2D eigenvalue weighted by Gasteiger charge is -2.22. The van der Waals surface area contributed by atoms with Crippen LogP contribution in [0.25, 0.3) is 10.9 Å². The molecule has 0 aliphatic carbocycles. The van der Waals surface area contributed by atoms with Crippen molar-refractivity contribution < 1.29 is 19.4 Å². The molecule has 1 aliphatic heterocycles. The molecule has 4 rings (SSSR count). The second kappa shape index (κ2) is 9.02. The van der Waals surface area contributed by atoms with E-state index < -0.39 is 24.3 Å². The van der Waals surface area contributed by atoms with E-state index in [1.54, 1.807) is 6.07 Å². The predicted molar refractivity (Wildman–Crippen MR) is 112 cm³/mol. The van der Waals surface area contributed by atoms with E-state index in [0.29, 0.717) is 25.0 Å². The van der Waals surface area contributed by atoms with E-state index >= 15 is 0 Å². The normalized spacial score (nSPS) is 19.4. The van der Waals surface area contributed by atoms with E-state index in [9.17, 15) is 14.7 Å². The van der Waals surface area contributed by atoms with Gasteiger partial charge in [-0.2, -0.15) is 0 Å². The van der Waals surface area contributed by atoms with Crippen LogP contribution in [0.4, 0.5) is 0 Å². The fraction of sp³-hybridized carbons (Fsp3) is 0.261. The number of carbonyl (C=O) groups excluding carboxylic acids is 2. The monoisotopic (exact) mass is 405 g/mol. The maximum Gasteiger partial charge on any atom is 0.270 e. The van der Waals surface area contributed by atoms with E-state index in [2.05, 4.69) is 15.6 Å². The number of benzene rings is 2. The molecule has 7 heteroatoms. The summed E-state index contributed by atoms with van der Waals surface area (Å²) in [5.74, 6) is -0.803. The van der Waals surface area contributed by atoms with Gasteiger partial charge in [0.1, 0.15) is 11.7 Å². The first kappa shape index (κ1) is 20.0. The van der Waals surface area contributed by atoms with Gasteiger partial charge in [0.15, 0.2) is 6.29 Å². The van der Waals surface area contributed by atoms with Crippen LogP contribution in [0.1, 0.15) is 22.5 Å². The van der Waals surface area contributed by atoms with Gasteiger partial charge in [0.2, 0.25) is 5.91 Å². The molecule has 0 radical (unpaired) electrons. The number of aliphatic hydroxyl groups is 1. The molecule has 0 bridgehead atoms. The zero-order chi connectivity index (χ0) is 20.9. The lowest BCUT2D eigenvalue weighted by Crippen LogP contribution is -2.52. The number of aromatic nitrogens is 1. The molecule has 0 saturated carbocycles. The number of hydrogen-bond acceptors (Lipinski definition) is 5. The lowest BCUT2D eigenvalue weighted by atomic mass is 10.0. The Labute approximate surface area is 174 Å². The summed E-state index contributed by atoms with van der Waals surface area (Å²) in [4.78, 5) is 30.2. The molecule has 1 aliphatic rings. The molecule has 30 heavy (non-hydrogen) atoms. The quantitative estimate of drug-likeness (QED) is 0.581. The van der Waals surface area contributed by atoms with Crippen LogP contribution in [0.5, 0.6) is 0 Å². The van der Waals surface area contributed by atoms with Crippen molar-refractivity contribution in [2.24, 2.45) is 0 Å². The van der Waals surface area contributed by atoms with Gasteiger partial charge in [-0.1, -0.05) is 54.6 Å². The smallest absolute Gasteiger partial charge is 0.270 e. The van der Waals surface area contributed by atoms with Gasteiger partial charge >= 0.3 is 0 Å². The summed E-state index contributed by atoms with van der Waals surface area (Å²) >= 11 is 0. The Morgan fingerprint density at radius 2 is 1.83 bits per heavy atom. The highest BCUT2D eigenvalue weighted by atomic mass is 16.6. The number of nitrogens with zero attached hydrogens (tertiary/aromatic N) is 1. The Kier molecular flexibility index (Phi) is 6.02. The third kappa shape index (κ3) is 4.64. The molecule has 2 aromatic carbocycles. The van der Waals surface area contributed by atoms with Crippen molar-refractivity contribution in [1.29, 1.82) is 0 Å². The maximum atomic E-state index is 12.9. The van der Waals surface area contributed by atoms with Crippen LogP contribution in [0.3, 0.4) is 0 Å². The first-order chi connectivity index (χ1) is 14.6. The minimum atomic E-state index is -1.04. The summed E-state index contributed by atoms with van der Waals surface area (Å²) in [6.45, 7) is 0.378. The van der Waals surface area contributed by atoms with Crippen LogP contribution in [0.15, 0.2) is 66.7 Å². The van der Waals surface area contributed by atoms with Gasteiger partial charge in [0, 0.05) is 11.8 Å². The third-order valence-electron chi connectivity index (χ3n) is 5.12. The summed E-state index contributed by atoms with van der Waals surface area (Å²) in [6, 6.07) is 19.1. The predicted octanol–water partition coefficient (Wildman–Crippen LogP) is 1.80. The number of pyridine rings is 1. The zero-order valence-corrected chi connectivity index (χ0v) is 16.3. The molecule has 1 saturated heterocycles. The van der Waals surface area contributed by atoms with Crippen molar-refractivity contribution in [2.45, 2.75) is 31.2 Å². The number of para-hydroxylation sites is 1. The highest BCUT2D eigenvalue weighted by Gasteiger charge is 2.31. The van der Waals surface area contributed by atoms with Crippen molar-refractivity contribution in [3.63, 3.8) is 0 Å². The number of hydrogen-bond donors (Lipinski definition) is 3. The van der Waals surface area contributed by atoms with Crippen LogP contribution in [-0.2, 0) is 16.0 Å². The highest BCUT2D eigenvalue weighted by Crippen LogP contribution is 2.14. The second-order valence-electron chi connectivity index (χ2n) is 7.27. The molecular weight excluding hydrogens is 382 g/mol. The molecular formula is C23H23N3O4. The van der Waals surface area contributed by atoms with Gasteiger partial charge in [-0.05, 0) is 24.1 Å². The number of amides is 2. The van der Waals surface area contributed by atoms with Crippen LogP contribution < -0.4 is 10.6 Å². The first-order valence-corrected chi connectivity index (χ1v) is 9.91. The molecule has 2 heterocycles. The molecule has 1 fully saturated rings. The van der Waals surface area contributed by atoms with Crippen molar-refractivity contribution in [1.82, 2.24) is 15.6 Å². The van der Waals surface area contributed by atoms with Gasteiger partial charge in [-0.15, -0.1) is 0 Å². The summed E-state index contributed by atoms with van der Waals surface area (Å²) in [5, 5.41) is 16.4. The minimum Gasteiger partial charge on any atom is -0.366 e. The average Bonchev–Trinajstić information content (AvgIpc) is 3.17. The molecule has 3 N–H and O–H groups in total. The molecule has 2 amide bonds. The summed E-state index contributed by atoms with van der Waals surface area (Å²) in [6.07, 6.45) is -0.204. The van der Waals surface area contributed by atoms with E-state index in [4.69, 9.17) is 4.74 Å². The van der Waals surface area contributed by atoms with Crippen molar-refractivity contribution in [2.75, 3.05) is 6.61 Å². The number of aliphatic hydroxyl groups excluding tert-OH is 1. The Bertz CT molecular complexity index is 1040. The van der Waals surface area contributed by atoms with Crippen molar-refractivity contribution in [3.8, 4) is 0 Å². The Morgan fingerprint density at radius 3 is 2.60 bits per heavy atom. The molecule has 3 aromatic rings. The zero-order valence-electron chi connectivity index (χ0n) is 16.3. The SMILES string of the molecule is O=C(N[C@@H](Cc1ccccc1)C(=O)N[C@H]1CCOC1O)c1ccc2ccccc2n1. The van der Waals surface area contributed by atoms with Gasteiger partial charge in [-0.3, -0.25) is 9.59 Å². The Hall–Kier alpha value is -3.29. The van der Waals surface area contributed by atoms with Crippen LogP contribution in [0.2, 0.25) is 0 Å². The summed E-state index contributed by atoms with van der Waals surface area (Å²) < 4.78 is 5.10. The second-order valence-corrected chi connectivity index (χ2v) is 7.27. The van der Waals surface area contributed by atoms with Crippen molar-refractivity contribution in [3.05, 3.63) is 78.0 Å². The number of nitrogens with one attached hydrogen (secondary N) is 2. The molecule has 7 nitrogen and oxygen atoms in total. The highest BCUT2D eigenvalue weighted by molar-refractivity contribution is 5.98. The van der Waals surface area contributed by atoms with Crippen LogP contribution in [-0.4, -0.2) is 46.9 Å². The largest absolute Gasteiger partial charge is 0.366 e. The van der Waals surface area contributed by atoms with Gasteiger partial charge in [-0.25, -0.2) is 4.98 Å². The maximum absolute atomic E-state index is 12.9. The Morgan fingerprint density at radius 1 is 1.07 bits per heavy atom. The number of rotatable bonds is 6. The standard InChI is InChI=1S/C23H23N3O4/c27-21(18-11-10-16-8-4-5-9-17(16)24-18)26-20(14-15-6-2-1-3-7-15)22(28)25-19-12-13-30-23(19)29/h1-11,19-20,23,29H,12-14H2,(H,25,28)(H,26,27)/t19-,20-,23?/m0/s1. The number of carbonyl (C=O) groups is 2. The molecule has 1 unspecified atom stereocenters. The van der Waals surface area contributed by atoms with E-state index in [1.165, 1.54) is 0 Å². The first-order valence-electron chi connectivity index (χ1n) is 9.91. The van der Waals surface area contributed by atoms with E-state index in [0.717, 1.165) is 10.9 Å². The van der Waals surface area contributed by atoms with E-state index in [-0.39, 0.29) is 11.6 Å².